The Balaban J connectivity index is 5.51. The molecule has 1 unspecified atom stereocenters. The zero-order chi connectivity index (χ0) is 15.2. The van der Waals surface area contributed by atoms with Gasteiger partial charge in [-0.3, -0.25) is 9.59 Å². The van der Waals surface area contributed by atoms with Crippen LogP contribution in [0.1, 0.15) is 33.6 Å². The molecule has 0 aliphatic rings. The molecule has 0 bridgehead atoms. The van der Waals surface area contributed by atoms with Crippen molar-refractivity contribution in [2.45, 2.75) is 33.6 Å². The molecule has 3 atom stereocenters. The first-order valence-electron chi connectivity index (χ1n) is 6.51. The van der Waals surface area contributed by atoms with Gasteiger partial charge < -0.3 is 16.2 Å². The molecule has 0 rings (SSSR count). The van der Waals surface area contributed by atoms with Gasteiger partial charge in [-0.25, -0.2) is 0 Å². The average molecular weight is 288 g/mol. The molecule has 0 spiro atoms. The first kappa shape index (κ1) is 17.8. The van der Waals surface area contributed by atoms with E-state index in [1.165, 1.54) is 0 Å². The standard InChI is InChI=1S/C13H24N2O3S/c1-5-6-8(11(14)16)10(13(17)18)9(7(2)3)12(19)15-4/h7-10H,5-6H2,1-4H3,(H2,14,16)(H,15,19)(H,17,18)/t8-,9-,10?/m0/s1. The van der Waals surface area contributed by atoms with E-state index in [0.717, 1.165) is 0 Å². The lowest BCUT2D eigenvalue weighted by Gasteiger charge is -2.32. The summed E-state index contributed by atoms with van der Waals surface area (Å²) in [6, 6.07) is 0. The summed E-state index contributed by atoms with van der Waals surface area (Å²) < 4.78 is 0. The number of hydrogen-bond donors (Lipinski definition) is 3. The molecule has 6 heteroatoms. The van der Waals surface area contributed by atoms with Crippen molar-refractivity contribution in [2.75, 3.05) is 7.05 Å². The lowest BCUT2D eigenvalue weighted by atomic mass is 9.74. The molecule has 0 aromatic carbocycles. The number of amides is 1. The van der Waals surface area contributed by atoms with Crippen molar-refractivity contribution in [3.8, 4) is 0 Å². The zero-order valence-electron chi connectivity index (χ0n) is 12.0. The summed E-state index contributed by atoms with van der Waals surface area (Å²) in [6.07, 6.45) is 1.16. The van der Waals surface area contributed by atoms with Crippen molar-refractivity contribution in [1.82, 2.24) is 5.32 Å². The molecular formula is C13H24N2O3S. The van der Waals surface area contributed by atoms with Crippen LogP contribution in [0, 0.1) is 23.7 Å². The van der Waals surface area contributed by atoms with Crippen molar-refractivity contribution in [3.05, 3.63) is 0 Å². The number of carboxylic acids is 1. The van der Waals surface area contributed by atoms with Crippen molar-refractivity contribution in [3.63, 3.8) is 0 Å². The Kier molecular flexibility index (Phi) is 7.59. The van der Waals surface area contributed by atoms with E-state index in [-0.39, 0.29) is 5.92 Å². The van der Waals surface area contributed by atoms with Crippen LogP contribution >= 0.6 is 12.2 Å². The van der Waals surface area contributed by atoms with Crippen molar-refractivity contribution in [2.24, 2.45) is 29.4 Å². The van der Waals surface area contributed by atoms with Crippen molar-refractivity contribution >= 4 is 29.1 Å². The number of carbonyl (C=O) groups excluding carboxylic acids is 1. The second-order valence-corrected chi connectivity index (χ2v) is 5.49. The third-order valence-corrected chi connectivity index (χ3v) is 3.81. The SMILES string of the molecule is CCC[C@H](C(N)=O)C(C(=O)O)[C@@H](C(=S)NC)C(C)C. The Morgan fingerprint density at radius 1 is 1.32 bits per heavy atom. The van der Waals surface area contributed by atoms with Crippen LogP contribution in [0.3, 0.4) is 0 Å². The van der Waals surface area contributed by atoms with Crippen LogP contribution < -0.4 is 11.1 Å². The van der Waals surface area contributed by atoms with Gasteiger partial charge in [0.05, 0.1) is 16.8 Å². The minimum Gasteiger partial charge on any atom is -0.481 e. The maximum absolute atomic E-state index is 11.6. The first-order valence-corrected chi connectivity index (χ1v) is 6.92. The number of carboxylic acid groups (broad SMARTS) is 1. The molecular weight excluding hydrogens is 264 g/mol. The van der Waals surface area contributed by atoms with Crippen LogP contribution in [0.4, 0.5) is 0 Å². The normalized spacial score (nSPS) is 15.6. The lowest BCUT2D eigenvalue weighted by Crippen LogP contribution is -2.45. The van der Waals surface area contributed by atoms with Crippen LogP contribution in [-0.2, 0) is 9.59 Å². The molecule has 1 amide bonds. The summed E-state index contributed by atoms with van der Waals surface area (Å²) in [5, 5.41) is 12.3. The van der Waals surface area contributed by atoms with E-state index >= 15 is 0 Å². The van der Waals surface area contributed by atoms with Gasteiger partial charge in [0.1, 0.15) is 0 Å². The highest BCUT2D eigenvalue weighted by Crippen LogP contribution is 2.31. The Labute approximate surface area is 119 Å². The molecule has 0 saturated heterocycles. The summed E-state index contributed by atoms with van der Waals surface area (Å²) >= 11 is 5.21. The Morgan fingerprint density at radius 2 is 1.84 bits per heavy atom. The minimum atomic E-state index is -1.02. The highest BCUT2D eigenvalue weighted by molar-refractivity contribution is 7.80. The maximum atomic E-state index is 11.6. The lowest BCUT2D eigenvalue weighted by molar-refractivity contribution is -0.149. The van der Waals surface area contributed by atoms with Gasteiger partial charge in [-0.1, -0.05) is 39.4 Å². The highest BCUT2D eigenvalue weighted by Gasteiger charge is 2.41. The second kappa shape index (κ2) is 8.09. The van der Waals surface area contributed by atoms with Gasteiger partial charge in [-0.2, -0.15) is 0 Å². The van der Waals surface area contributed by atoms with Gasteiger partial charge >= 0.3 is 5.97 Å². The highest BCUT2D eigenvalue weighted by atomic mass is 32.1. The Hall–Kier alpha value is -1.17. The molecule has 0 heterocycles. The van der Waals surface area contributed by atoms with E-state index in [2.05, 4.69) is 5.32 Å². The maximum Gasteiger partial charge on any atom is 0.308 e. The Bertz CT molecular complexity index is 345. The quantitative estimate of drug-likeness (QED) is 0.587. The average Bonchev–Trinajstić information content (AvgIpc) is 2.31. The molecule has 4 N–H and O–H groups in total. The molecule has 19 heavy (non-hydrogen) atoms. The molecule has 0 radical (unpaired) electrons. The Morgan fingerprint density at radius 3 is 2.11 bits per heavy atom. The third kappa shape index (κ3) is 4.78. The van der Waals surface area contributed by atoms with E-state index < -0.39 is 29.6 Å². The summed E-state index contributed by atoms with van der Waals surface area (Å²) in [5.41, 5.74) is 5.38. The van der Waals surface area contributed by atoms with Gasteiger partial charge in [0.15, 0.2) is 0 Å². The molecule has 0 saturated carbocycles. The second-order valence-electron chi connectivity index (χ2n) is 5.05. The predicted molar refractivity (Wildman–Crippen MR) is 78.7 cm³/mol. The monoisotopic (exact) mass is 288 g/mol. The largest absolute Gasteiger partial charge is 0.481 e. The summed E-state index contributed by atoms with van der Waals surface area (Å²) in [7, 11) is 1.66. The van der Waals surface area contributed by atoms with Gasteiger partial charge in [-0.05, 0) is 12.3 Å². The van der Waals surface area contributed by atoms with E-state index in [4.69, 9.17) is 18.0 Å². The predicted octanol–water partition coefficient (Wildman–Crippen LogP) is 1.41. The van der Waals surface area contributed by atoms with E-state index in [1.54, 1.807) is 7.05 Å². The topological polar surface area (TPSA) is 92.4 Å². The van der Waals surface area contributed by atoms with Crippen LogP contribution in [0.5, 0.6) is 0 Å². The number of nitrogens with two attached hydrogens (primary N) is 1. The number of carbonyl (C=O) groups is 2. The van der Waals surface area contributed by atoms with Crippen LogP contribution in [0.25, 0.3) is 0 Å². The smallest absolute Gasteiger partial charge is 0.308 e. The molecule has 0 fully saturated rings. The fourth-order valence-corrected chi connectivity index (χ4v) is 2.85. The van der Waals surface area contributed by atoms with Crippen molar-refractivity contribution in [1.29, 1.82) is 0 Å². The molecule has 110 valence electrons. The molecule has 0 aliphatic carbocycles. The van der Waals surface area contributed by atoms with Gasteiger partial charge in [0.2, 0.25) is 5.91 Å². The first-order chi connectivity index (χ1) is 8.77. The van der Waals surface area contributed by atoms with Crippen LogP contribution in [-0.4, -0.2) is 29.0 Å². The van der Waals surface area contributed by atoms with Crippen molar-refractivity contribution < 1.29 is 14.7 Å². The summed E-state index contributed by atoms with van der Waals surface area (Å²) in [4.78, 5) is 23.6. The van der Waals surface area contributed by atoms with E-state index in [1.807, 2.05) is 20.8 Å². The number of rotatable bonds is 8. The molecule has 0 aromatic rings. The number of nitrogens with one attached hydrogen (secondary N) is 1. The van der Waals surface area contributed by atoms with Crippen LogP contribution in [0.15, 0.2) is 0 Å². The fourth-order valence-electron chi connectivity index (χ4n) is 2.43. The van der Waals surface area contributed by atoms with E-state index in [0.29, 0.717) is 17.8 Å². The molecule has 5 nitrogen and oxygen atoms in total. The molecule has 0 aromatic heterocycles. The number of thiocarbonyl (C=S) groups is 1. The fraction of sp³-hybridized carbons (Fsp3) is 0.769. The zero-order valence-corrected chi connectivity index (χ0v) is 12.8. The van der Waals surface area contributed by atoms with Gasteiger partial charge in [0, 0.05) is 13.0 Å². The number of primary amides is 1. The number of hydrogen-bond acceptors (Lipinski definition) is 3. The third-order valence-electron chi connectivity index (χ3n) is 3.34. The van der Waals surface area contributed by atoms with Gasteiger partial charge in [0.25, 0.3) is 0 Å². The van der Waals surface area contributed by atoms with Gasteiger partial charge in [-0.15, -0.1) is 0 Å². The van der Waals surface area contributed by atoms with E-state index in [9.17, 15) is 14.7 Å². The summed E-state index contributed by atoms with van der Waals surface area (Å²) in [6.45, 7) is 5.69. The summed E-state index contributed by atoms with van der Waals surface area (Å²) in [5.74, 6) is -3.55. The number of aliphatic carboxylic acids is 1. The minimum absolute atomic E-state index is 0.0137. The molecule has 0 aliphatic heterocycles. The van der Waals surface area contributed by atoms with Crippen LogP contribution in [0.2, 0.25) is 0 Å².